The van der Waals surface area contributed by atoms with E-state index in [0.29, 0.717) is 11.3 Å². The lowest BCUT2D eigenvalue weighted by molar-refractivity contribution is 0.0940. The van der Waals surface area contributed by atoms with Crippen LogP contribution in [0.2, 0.25) is 10.0 Å². The molecule has 0 spiro atoms. The molecule has 1 amide bonds. The highest BCUT2D eigenvalue weighted by molar-refractivity contribution is 7.09. The third-order valence-corrected chi connectivity index (χ3v) is 4.46. The first-order chi connectivity index (χ1) is 9.47. The molecule has 1 aromatic carbocycles. The molecule has 0 bridgehead atoms. The van der Waals surface area contributed by atoms with Gasteiger partial charge in [-0.3, -0.25) is 4.79 Å². The average molecular weight is 329 g/mol. The molecule has 3 N–H and O–H groups in total. The van der Waals surface area contributed by atoms with E-state index < -0.39 is 0 Å². The lowest BCUT2D eigenvalue weighted by atomic mass is 10.1. The van der Waals surface area contributed by atoms with Crippen LogP contribution in [0.1, 0.15) is 22.2 Å². The van der Waals surface area contributed by atoms with Crippen molar-refractivity contribution < 1.29 is 4.79 Å². The molecule has 2 aromatic rings. The summed E-state index contributed by atoms with van der Waals surface area (Å²) in [5, 5.41) is 5.42. The number of anilines is 1. The summed E-state index contributed by atoms with van der Waals surface area (Å²) < 4.78 is 0. The Morgan fingerprint density at radius 1 is 1.45 bits per heavy atom. The summed E-state index contributed by atoms with van der Waals surface area (Å²) in [6.07, 6.45) is 0.775. The molecule has 1 atom stereocenters. The van der Waals surface area contributed by atoms with Crippen molar-refractivity contribution in [3.05, 3.63) is 50.1 Å². The van der Waals surface area contributed by atoms with Gasteiger partial charge in [0, 0.05) is 23.0 Å². The molecule has 1 heterocycles. The molecule has 2 rings (SSSR count). The van der Waals surface area contributed by atoms with Crippen LogP contribution in [0.5, 0.6) is 0 Å². The van der Waals surface area contributed by atoms with Gasteiger partial charge in [0.05, 0.1) is 15.6 Å². The Morgan fingerprint density at radius 3 is 2.85 bits per heavy atom. The maximum absolute atomic E-state index is 12.2. The maximum Gasteiger partial charge on any atom is 0.253 e. The Kier molecular flexibility index (Phi) is 4.91. The van der Waals surface area contributed by atoms with Gasteiger partial charge < -0.3 is 11.1 Å². The van der Waals surface area contributed by atoms with E-state index in [1.807, 2.05) is 24.4 Å². The molecule has 1 unspecified atom stereocenters. The van der Waals surface area contributed by atoms with Crippen LogP contribution in [0.15, 0.2) is 29.6 Å². The van der Waals surface area contributed by atoms with Crippen molar-refractivity contribution in [1.29, 1.82) is 0 Å². The molecule has 0 saturated carbocycles. The number of hydrogen-bond donors (Lipinski definition) is 2. The van der Waals surface area contributed by atoms with E-state index in [0.717, 1.165) is 6.42 Å². The topological polar surface area (TPSA) is 55.1 Å². The van der Waals surface area contributed by atoms with Gasteiger partial charge in [-0.15, -0.1) is 11.3 Å². The fraction of sp³-hybridized carbons (Fsp3) is 0.214. The highest BCUT2D eigenvalue weighted by Crippen LogP contribution is 2.28. The van der Waals surface area contributed by atoms with Crippen LogP contribution >= 0.6 is 34.5 Å². The second kappa shape index (κ2) is 6.48. The number of nitrogens with two attached hydrogens (primary N) is 1. The van der Waals surface area contributed by atoms with Crippen LogP contribution in [0, 0.1) is 0 Å². The number of rotatable bonds is 4. The molecular formula is C14H14Cl2N2OS. The summed E-state index contributed by atoms with van der Waals surface area (Å²) in [4.78, 5) is 13.4. The van der Waals surface area contributed by atoms with E-state index in [4.69, 9.17) is 28.9 Å². The number of hydrogen-bond acceptors (Lipinski definition) is 3. The molecule has 106 valence electrons. The molecule has 0 aliphatic carbocycles. The Balaban J connectivity index is 2.08. The lowest BCUT2D eigenvalue weighted by Crippen LogP contribution is -2.34. The molecule has 0 aliphatic heterocycles. The summed E-state index contributed by atoms with van der Waals surface area (Å²) >= 11 is 13.6. The second-order valence-corrected chi connectivity index (χ2v) is 6.34. The molecule has 1 aromatic heterocycles. The quantitative estimate of drug-likeness (QED) is 0.833. The van der Waals surface area contributed by atoms with Crippen LogP contribution in [-0.4, -0.2) is 11.9 Å². The van der Waals surface area contributed by atoms with Gasteiger partial charge in [-0.1, -0.05) is 29.3 Å². The fourth-order valence-corrected chi connectivity index (χ4v) is 3.12. The van der Waals surface area contributed by atoms with Crippen LogP contribution < -0.4 is 11.1 Å². The minimum Gasteiger partial charge on any atom is -0.399 e. The van der Waals surface area contributed by atoms with Crippen molar-refractivity contribution in [2.45, 2.75) is 19.4 Å². The molecule has 0 aliphatic rings. The van der Waals surface area contributed by atoms with Crippen molar-refractivity contribution in [2.75, 3.05) is 5.73 Å². The third-order valence-electron chi connectivity index (χ3n) is 2.76. The predicted octanol–water partition coefficient (Wildman–Crippen LogP) is 4.00. The van der Waals surface area contributed by atoms with Gasteiger partial charge in [0.25, 0.3) is 5.91 Å². The van der Waals surface area contributed by atoms with Crippen LogP contribution in [0.3, 0.4) is 0 Å². The predicted molar refractivity (Wildman–Crippen MR) is 85.8 cm³/mol. The summed E-state index contributed by atoms with van der Waals surface area (Å²) in [5.74, 6) is -0.270. The summed E-state index contributed by atoms with van der Waals surface area (Å²) in [6.45, 7) is 1.94. The summed E-state index contributed by atoms with van der Waals surface area (Å²) in [5.41, 5.74) is 6.40. The number of carbonyl (C=O) groups is 1. The van der Waals surface area contributed by atoms with Crippen LogP contribution in [0.25, 0.3) is 0 Å². The van der Waals surface area contributed by atoms with E-state index in [-0.39, 0.29) is 22.0 Å². The minimum absolute atomic E-state index is 0.00239. The second-order valence-electron chi connectivity index (χ2n) is 4.52. The van der Waals surface area contributed by atoms with Crippen LogP contribution in [0.4, 0.5) is 5.69 Å². The average Bonchev–Trinajstić information content (AvgIpc) is 2.86. The molecule has 3 nitrogen and oxygen atoms in total. The highest BCUT2D eigenvalue weighted by Gasteiger charge is 2.16. The zero-order valence-corrected chi connectivity index (χ0v) is 13.1. The zero-order chi connectivity index (χ0) is 14.7. The fourth-order valence-electron chi connectivity index (χ4n) is 1.86. The molecule has 0 fully saturated rings. The normalized spacial score (nSPS) is 12.2. The Morgan fingerprint density at radius 2 is 2.20 bits per heavy atom. The van der Waals surface area contributed by atoms with Gasteiger partial charge in [-0.2, -0.15) is 0 Å². The van der Waals surface area contributed by atoms with E-state index in [9.17, 15) is 4.79 Å². The van der Waals surface area contributed by atoms with E-state index >= 15 is 0 Å². The SMILES string of the molecule is CC(Cc1cccs1)NC(=O)c1cc(N)cc(Cl)c1Cl. The van der Waals surface area contributed by atoms with Gasteiger partial charge in [0.1, 0.15) is 0 Å². The number of amides is 1. The first kappa shape index (κ1) is 15.2. The van der Waals surface area contributed by atoms with Crippen LogP contribution in [-0.2, 0) is 6.42 Å². The standard InChI is InChI=1S/C14H14Cl2N2OS/c1-8(5-10-3-2-4-20-10)18-14(19)11-6-9(17)7-12(15)13(11)16/h2-4,6-8H,5,17H2,1H3,(H,18,19). The summed E-state index contributed by atoms with van der Waals surface area (Å²) in [6, 6.07) is 7.08. The molecule has 0 saturated heterocycles. The lowest BCUT2D eigenvalue weighted by Gasteiger charge is -2.14. The van der Waals surface area contributed by atoms with Crippen molar-refractivity contribution in [2.24, 2.45) is 0 Å². The number of thiophene rings is 1. The number of halogens is 2. The number of nitrogen functional groups attached to an aromatic ring is 1. The first-order valence-corrected chi connectivity index (χ1v) is 7.68. The number of nitrogens with one attached hydrogen (secondary N) is 1. The van der Waals surface area contributed by atoms with Gasteiger partial charge in [0.15, 0.2) is 0 Å². The van der Waals surface area contributed by atoms with Crippen molar-refractivity contribution in [3.8, 4) is 0 Å². The van der Waals surface area contributed by atoms with Crippen molar-refractivity contribution >= 4 is 46.1 Å². The van der Waals surface area contributed by atoms with Crippen molar-refractivity contribution in [1.82, 2.24) is 5.32 Å². The van der Waals surface area contributed by atoms with Gasteiger partial charge in [0.2, 0.25) is 0 Å². The van der Waals surface area contributed by atoms with Gasteiger partial charge in [-0.25, -0.2) is 0 Å². The molecular weight excluding hydrogens is 315 g/mol. The van der Waals surface area contributed by atoms with Gasteiger partial charge in [-0.05, 0) is 30.5 Å². The third kappa shape index (κ3) is 3.66. The maximum atomic E-state index is 12.2. The zero-order valence-electron chi connectivity index (χ0n) is 10.8. The largest absolute Gasteiger partial charge is 0.399 e. The van der Waals surface area contributed by atoms with E-state index in [1.54, 1.807) is 11.3 Å². The smallest absolute Gasteiger partial charge is 0.253 e. The van der Waals surface area contributed by atoms with E-state index in [1.165, 1.54) is 17.0 Å². The van der Waals surface area contributed by atoms with E-state index in [2.05, 4.69) is 5.32 Å². The molecule has 6 heteroatoms. The summed E-state index contributed by atoms with van der Waals surface area (Å²) in [7, 11) is 0. The first-order valence-electron chi connectivity index (χ1n) is 6.05. The van der Waals surface area contributed by atoms with Crippen molar-refractivity contribution in [3.63, 3.8) is 0 Å². The van der Waals surface area contributed by atoms with Gasteiger partial charge >= 0.3 is 0 Å². The Hall–Kier alpha value is -1.23. The molecule has 0 radical (unpaired) electrons. The molecule has 20 heavy (non-hydrogen) atoms. The monoisotopic (exact) mass is 328 g/mol. The minimum atomic E-state index is -0.270. The Labute approximate surface area is 131 Å². The Bertz CT molecular complexity index is 614. The number of benzene rings is 1. The highest BCUT2D eigenvalue weighted by atomic mass is 35.5. The number of carbonyl (C=O) groups excluding carboxylic acids is 1.